The second-order valence-electron chi connectivity index (χ2n) is 13.6. The summed E-state index contributed by atoms with van der Waals surface area (Å²) in [4.78, 5) is 1.76. The molecule has 0 radical (unpaired) electrons. The van der Waals surface area contributed by atoms with Crippen molar-refractivity contribution in [2.75, 3.05) is 0 Å². The molecular formula is C36H30Cl4N4O8S4. The number of benzene rings is 2. The topological polar surface area (TPSA) is 185 Å². The first kappa shape index (κ1) is 40.0. The molecule has 6 aromatic rings. The molecule has 2 aliphatic carbocycles. The Hall–Kier alpha value is -2.84. The minimum absolute atomic E-state index is 0.121. The van der Waals surface area contributed by atoms with Gasteiger partial charge in [0, 0.05) is 43.8 Å². The van der Waals surface area contributed by atoms with Gasteiger partial charge in [-0.2, -0.15) is 27.0 Å². The number of aryl methyl sites for hydroxylation is 2. The zero-order chi connectivity index (χ0) is 40.2. The Morgan fingerprint density at radius 1 is 0.661 bits per heavy atom. The van der Waals surface area contributed by atoms with Gasteiger partial charge in [-0.3, -0.25) is 9.11 Å². The SMILES string of the molecule is Cc1sc2c(c1S(=O)(=O)O)Cc1c(C(O)CCCCC(O)c3nn(-c4ccc(Cl)cc4Cl)c4c3Cc3c-4sc(C)c3S(=O)(=O)O)nn(-c3ccc(Cl)cc3Cl)c1-2. The van der Waals surface area contributed by atoms with Crippen LogP contribution in [0.25, 0.3) is 32.5 Å². The quantitative estimate of drug-likeness (QED) is 0.0720. The monoisotopic (exact) mass is 914 g/mol. The average molecular weight is 917 g/mol. The molecule has 0 saturated carbocycles. The minimum atomic E-state index is -4.53. The van der Waals surface area contributed by atoms with Gasteiger partial charge in [-0.05, 0) is 74.2 Å². The molecule has 2 aliphatic rings. The highest BCUT2D eigenvalue weighted by Crippen LogP contribution is 2.52. The van der Waals surface area contributed by atoms with E-state index in [0.717, 1.165) is 0 Å². The predicted molar refractivity (Wildman–Crippen MR) is 217 cm³/mol. The molecule has 2 unspecified atom stereocenters. The van der Waals surface area contributed by atoms with Crippen LogP contribution in [0.5, 0.6) is 0 Å². The van der Waals surface area contributed by atoms with Gasteiger partial charge in [0.25, 0.3) is 20.2 Å². The summed E-state index contributed by atoms with van der Waals surface area (Å²) in [6.07, 6.45) is -0.537. The highest BCUT2D eigenvalue weighted by molar-refractivity contribution is 7.86. The third-order valence-corrected chi connectivity index (χ3v) is 15.8. The van der Waals surface area contributed by atoms with Gasteiger partial charge in [-0.1, -0.05) is 59.2 Å². The Morgan fingerprint density at radius 2 is 1.04 bits per heavy atom. The maximum Gasteiger partial charge on any atom is 0.295 e. The lowest BCUT2D eigenvalue weighted by atomic mass is 10.00. The number of thiophene rings is 2. The van der Waals surface area contributed by atoms with E-state index < -0.39 is 32.4 Å². The van der Waals surface area contributed by atoms with Crippen molar-refractivity contribution >= 4 is 89.3 Å². The minimum Gasteiger partial charge on any atom is -0.387 e. The first-order valence-corrected chi connectivity index (χ1v) is 23.1. The fourth-order valence-corrected chi connectivity index (χ4v) is 13.7. The van der Waals surface area contributed by atoms with Crippen molar-refractivity contribution in [3.63, 3.8) is 0 Å². The van der Waals surface area contributed by atoms with Gasteiger partial charge in [0.15, 0.2) is 0 Å². The smallest absolute Gasteiger partial charge is 0.295 e. The van der Waals surface area contributed by atoms with E-state index in [1.807, 2.05) is 0 Å². The second kappa shape index (κ2) is 14.5. The van der Waals surface area contributed by atoms with E-state index >= 15 is 0 Å². The number of aromatic nitrogens is 4. The molecule has 20 heteroatoms. The van der Waals surface area contributed by atoms with E-state index in [2.05, 4.69) is 0 Å². The van der Waals surface area contributed by atoms with Crippen LogP contribution in [0.2, 0.25) is 20.1 Å². The largest absolute Gasteiger partial charge is 0.387 e. The van der Waals surface area contributed by atoms with Gasteiger partial charge in [0.2, 0.25) is 0 Å². The van der Waals surface area contributed by atoms with Crippen molar-refractivity contribution in [1.82, 2.24) is 19.6 Å². The summed E-state index contributed by atoms with van der Waals surface area (Å²) in [7, 11) is -9.07. The molecule has 4 aromatic heterocycles. The molecule has 2 atom stereocenters. The Morgan fingerprint density at radius 3 is 1.38 bits per heavy atom. The Kier molecular flexibility index (Phi) is 10.3. The van der Waals surface area contributed by atoms with E-state index in [1.54, 1.807) is 59.6 Å². The van der Waals surface area contributed by atoms with E-state index in [4.69, 9.17) is 56.6 Å². The maximum atomic E-state index is 12.4. The molecule has 0 fully saturated rings. The standard InChI is InChI=1S/C36H30Cl4N4O8S4/c1-15-35(55(47,48)49)21-13-19-29(41-43(31(19)33(21)53-15)25-9-7-17(37)11-23(25)39)27(45)5-3-4-6-28(46)30-20-14-22-34(54-16(2)36(22)56(50,51)52)32(20)44(42-30)26-10-8-18(38)12-24(26)40/h7-12,27-28,45-46H,3-6,13-14H2,1-2H3,(H,47,48,49)(H,50,51,52). The van der Waals surface area contributed by atoms with Crippen LogP contribution in [0.15, 0.2) is 46.2 Å². The molecule has 8 rings (SSSR count). The zero-order valence-corrected chi connectivity index (χ0v) is 35.5. The first-order chi connectivity index (χ1) is 26.3. The Balaban J connectivity index is 1.06. The third-order valence-electron chi connectivity index (χ3n) is 10.0. The van der Waals surface area contributed by atoms with E-state index in [9.17, 15) is 36.2 Å². The summed E-state index contributed by atoms with van der Waals surface area (Å²) in [5.74, 6) is 0. The molecule has 0 amide bonds. The summed E-state index contributed by atoms with van der Waals surface area (Å²) in [5, 5.41) is 34.1. The normalized spacial score (nSPS) is 14.5. The van der Waals surface area contributed by atoms with Crippen LogP contribution in [0.3, 0.4) is 0 Å². The van der Waals surface area contributed by atoms with E-state index in [0.29, 0.717) is 109 Å². The molecule has 0 bridgehead atoms. The van der Waals surface area contributed by atoms with Gasteiger partial charge >= 0.3 is 0 Å². The summed E-state index contributed by atoms with van der Waals surface area (Å²) < 4.78 is 72.9. The van der Waals surface area contributed by atoms with Crippen LogP contribution >= 0.6 is 69.1 Å². The number of aliphatic hydroxyl groups is 2. The van der Waals surface area contributed by atoms with Gasteiger partial charge in [-0.15, -0.1) is 22.7 Å². The molecule has 0 aliphatic heterocycles. The van der Waals surface area contributed by atoms with Crippen LogP contribution < -0.4 is 0 Å². The number of rotatable bonds is 11. The van der Waals surface area contributed by atoms with E-state index in [-0.39, 0.29) is 35.5 Å². The number of unbranched alkanes of at least 4 members (excludes halogenated alkanes) is 1. The van der Waals surface area contributed by atoms with E-state index in [1.165, 1.54) is 22.7 Å². The molecule has 294 valence electrons. The predicted octanol–water partition coefficient (Wildman–Crippen LogP) is 9.37. The van der Waals surface area contributed by atoms with Gasteiger partial charge < -0.3 is 10.2 Å². The highest BCUT2D eigenvalue weighted by Gasteiger charge is 2.39. The summed E-state index contributed by atoms with van der Waals surface area (Å²) in [6.45, 7) is 3.24. The Bertz CT molecular complexity index is 2650. The van der Waals surface area contributed by atoms with Crippen LogP contribution in [0.1, 0.15) is 81.3 Å². The van der Waals surface area contributed by atoms with Crippen molar-refractivity contribution in [2.24, 2.45) is 0 Å². The lowest BCUT2D eigenvalue weighted by Crippen LogP contribution is -2.07. The lowest BCUT2D eigenvalue weighted by molar-refractivity contribution is 0.141. The van der Waals surface area contributed by atoms with Crippen LogP contribution in [0, 0.1) is 13.8 Å². The fourth-order valence-electron chi connectivity index (χ4n) is 7.77. The summed E-state index contributed by atoms with van der Waals surface area (Å²) in [5.41, 5.74) is 4.85. The molecule has 0 spiro atoms. The summed E-state index contributed by atoms with van der Waals surface area (Å²) >= 11 is 27.9. The van der Waals surface area contributed by atoms with Crippen LogP contribution in [-0.2, 0) is 33.1 Å². The van der Waals surface area contributed by atoms with Gasteiger partial charge in [0.05, 0.1) is 66.2 Å². The number of nitrogens with zero attached hydrogens (tertiary/aromatic N) is 4. The lowest BCUT2D eigenvalue weighted by Gasteiger charge is -2.13. The number of hydrogen-bond donors (Lipinski definition) is 4. The zero-order valence-electron chi connectivity index (χ0n) is 29.2. The number of halogens is 4. The fraction of sp³-hybridized carbons (Fsp3) is 0.278. The van der Waals surface area contributed by atoms with Crippen LogP contribution in [-0.4, -0.2) is 55.7 Å². The van der Waals surface area contributed by atoms with Crippen molar-refractivity contribution in [2.45, 2.75) is 74.4 Å². The van der Waals surface area contributed by atoms with Crippen molar-refractivity contribution in [3.8, 4) is 32.5 Å². The molecule has 4 heterocycles. The molecule has 4 N–H and O–H groups in total. The van der Waals surface area contributed by atoms with Crippen molar-refractivity contribution < 1.29 is 36.2 Å². The van der Waals surface area contributed by atoms with Gasteiger partial charge in [-0.25, -0.2) is 9.36 Å². The van der Waals surface area contributed by atoms with Crippen molar-refractivity contribution in [3.05, 3.63) is 99.9 Å². The number of aliphatic hydroxyl groups excluding tert-OH is 2. The molecule has 56 heavy (non-hydrogen) atoms. The highest BCUT2D eigenvalue weighted by atomic mass is 35.5. The maximum absolute atomic E-state index is 12.4. The Labute approximate surface area is 349 Å². The molecule has 12 nitrogen and oxygen atoms in total. The number of hydrogen-bond acceptors (Lipinski definition) is 10. The number of fused-ring (bicyclic) bond motifs is 6. The summed E-state index contributed by atoms with van der Waals surface area (Å²) in [6, 6.07) is 9.77. The van der Waals surface area contributed by atoms with Crippen molar-refractivity contribution in [1.29, 1.82) is 0 Å². The molecular weight excluding hydrogens is 886 g/mol. The molecule has 2 aromatic carbocycles. The first-order valence-electron chi connectivity index (χ1n) is 17.1. The third kappa shape index (κ3) is 6.74. The molecule has 0 saturated heterocycles. The average Bonchev–Trinajstić information content (AvgIpc) is 3.91. The second-order valence-corrected chi connectivity index (χ2v) is 20.5. The van der Waals surface area contributed by atoms with Crippen LogP contribution in [0.4, 0.5) is 0 Å². The van der Waals surface area contributed by atoms with Gasteiger partial charge in [0.1, 0.15) is 9.79 Å².